The largest absolute Gasteiger partial charge is 0.478 e. The predicted molar refractivity (Wildman–Crippen MR) is 77.5 cm³/mol. The van der Waals surface area contributed by atoms with Crippen molar-refractivity contribution in [1.29, 1.82) is 0 Å². The van der Waals surface area contributed by atoms with Crippen molar-refractivity contribution in [3.05, 3.63) is 35.9 Å². The van der Waals surface area contributed by atoms with Crippen molar-refractivity contribution in [3.63, 3.8) is 0 Å². The maximum Gasteiger partial charge on any atom is 0.328 e. The van der Waals surface area contributed by atoms with Gasteiger partial charge in [-0.05, 0) is 23.8 Å². The summed E-state index contributed by atoms with van der Waals surface area (Å²) in [5.74, 6) is -0.756. The van der Waals surface area contributed by atoms with Crippen LogP contribution in [0.25, 0.3) is 6.08 Å². The molecule has 1 aliphatic rings. The molecule has 1 heterocycles. The number of aliphatic hydroxyl groups is 4. The molecular weight excluding hydrogens is 310 g/mol. The van der Waals surface area contributed by atoms with Gasteiger partial charge in [0.05, 0.1) is 6.61 Å². The first-order valence-corrected chi connectivity index (χ1v) is 6.90. The Morgan fingerprint density at radius 1 is 1.13 bits per heavy atom. The molecule has 1 aliphatic heterocycles. The zero-order chi connectivity index (χ0) is 17.0. The Labute approximate surface area is 131 Å². The lowest BCUT2D eigenvalue weighted by Gasteiger charge is -2.39. The van der Waals surface area contributed by atoms with Crippen molar-refractivity contribution >= 4 is 12.0 Å². The molecule has 0 aliphatic carbocycles. The molecule has 0 aromatic heterocycles. The van der Waals surface area contributed by atoms with Gasteiger partial charge in [0.2, 0.25) is 6.29 Å². The summed E-state index contributed by atoms with van der Waals surface area (Å²) in [6.45, 7) is -0.538. The second kappa shape index (κ2) is 7.53. The highest BCUT2D eigenvalue weighted by molar-refractivity contribution is 5.85. The third-order valence-electron chi connectivity index (χ3n) is 3.40. The second-order valence-electron chi connectivity index (χ2n) is 5.06. The Balaban J connectivity index is 2.04. The minimum Gasteiger partial charge on any atom is -0.478 e. The Bertz CT molecular complexity index is 553. The molecule has 1 aromatic rings. The number of carboxylic acid groups (broad SMARTS) is 1. The average Bonchev–Trinajstić information content (AvgIpc) is 2.54. The molecule has 126 valence electrons. The van der Waals surface area contributed by atoms with E-state index in [2.05, 4.69) is 0 Å². The van der Waals surface area contributed by atoms with E-state index >= 15 is 0 Å². The summed E-state index contributed by atoms with van der Waals surface area (Å²) < 4.78 is 10.6. The average molecular weight is 328 g/mol. The molecule has 5 N–H and O–H groups in total. The van der Waals surface area contributed by atoms with Crippen LogP contribution < -0.4 is 4.74 Å². The Kier molecular flexibility index (Phi) is 5.69. The van der Waals surface area contributed by atoms with Crippen LogP contribution in [0.5, 0.6) is 5.75 Å². The summed E-state index contributed by atoms with van der Waals surface area (Å²) in [4.78, 5) is 10.4. The molecular formula is C15H18O8. The molecule has 1 aromatic carbocycles. The lowest BCUT2D eigenvalue weighted by atomic mass is 9.99. The third kappa shape index (κ3) is 4.27. The summed E-state index contributed by atoms with van der Waals surface area (Å²) in [5.41, 5.74) is 0.633. The van der Waals surface area contributed by atoms with E-state index in [4.69, 9.17) is 19.7 Å². The number of ether oxygens (including phenoxy) is 2. The predicted octanol–water partition coefficient (Wildman–Crippen LogP) is -1.04. The lowest BCUT2D eigenvalue weighted by Crippen LogP contribution is -2.60. The molecule has 1 fully saturated rings. The van der Waals surface area contributed by atoms with Crippen LogP contribution in [0, 0.1) is 0 Å². The first kappa shape index (κ1) is 17.4. The van der Waals surface area contributed by atoms with E-state index in [0.29, 0.717) is 11.3 Å². The summed E-state index contributed by atoms with van der Waals surface area (Å²) >= 11 is 0. The van der Waals surface area contributed by atoms with Gasteiger partial charge in [-0.25, -0.2) is 4.79 Å². The van der Waals surface area contributed by atoms with Crippen molar-refractivity contribution < 1.29 is 39.8 Å². The highest BCUT2D eigenvalue weighted by atomic mass is 16.7. The molecule has 0 amide bonds. The minimum absolute atomic E-state index is 0.307. The molecule has 0 unspecified atom stereocenters. The molecule has 2 rings (SSSR count). The number of hydrogen-bond acceptors (Lipinski definition) is 7. The van der Waals surface area contributed by atoms with Crippen LogP contribution in [0.3, 0.4) is 0 Å². The van der Waals surface area contributed by atoms with Crippen LogP contribution >= 0.6 is 0 Å². The van der Waals surface area contributed by atoms with Crippen LogP contribution in [-0.4, -0.2) is 68.8 Å². The number of benzene rings is 1. The van der Waals surface area contributed by atoms with Crippen LogP contribution in [0.2, 0.25) is 0 Å². The molecule has 8 nitrogen and oxygen atoms in total. The number of hydrogen-bond donors (Lipinski definition) is 5. The minimum atomic E-state index is -1.51. The Morgan fingerprint density at radius 3 is 2.35 bits per heavy atom. The van der Waals surface area contributed by atoms with Gasteiger partial charge in [-0.1, -0.05) is 12.1 Å². The third-order valence-corrected chi connectivity index (χ3v) is 3.40. The van der Waals surface area contributed by atoms with E-state index in [1.165, 1.54) is 18.2 Å². The zero-order valence-electron chi connectivity index (χ0n) is 12.0. The fraction of sp³-hybridized carbons (Fsp3) is 0.400. The van der Waals surface area contributed by atoms with Crippen molar-refractivity contribution in [2.45, 2.75) is 30.7 Å². The smallest absolute Gasteiger partial charge is 0.328 e. The van der Waals surface area contributed by atoms with Crippen molar-refractivity contribution in [1.82, 2.24) is 0 Å². The highest BCUT2D eigenvalue weighted by Crippen LogP contribution is 2.24. The molecule has 0 spiro atoms. The zero-order valence-corrected chi connectivity index (χ0v) is 12.0. The summed E-state index contributed by atoms with van der Waals surface area (Å²) in [7, 11) is 0. The molecule has 5 atom stereocenters. The van der Waals surface area contributed by atoms with Gasteiger partial charge < -0.3 is 35.0 Å². The van der Waals surface area contributed by atoms with Gasteiger partial charge in [0.1, 0.15) is 30.2 Å². The van der Waals surface area contributed by atoms with Crippen molar-refractivity contribution in [2.75, 3.05) is 6.61 Å². The monoisotopic (exact) mass is 328 g/mol. The molecule has 0 saturated carbocycles. The van der Waals surface area contributed by atoms with E-state index in [9.17, 15) is 20.1 Å². The summed E-state index contributed by atoms with van der Waals surface area (Å²) in [6, 6.07) is 6.25. The van der Waals surface area contributed by atoms with Crippen LogP contribution in [-0.2, 0) is 9.53 Å². The van der Waals surface area contributed by atoms with E-state index in [-0.39, 0.29) is 0 Å². The highest BCUT2D eigenvalue weighted by Gasteiger charge is 2.44. The van der Waals surface area contributed by atoms with Gasteiger partial charge in [0.15, 0.2) is 0 Å². The number of aliphatic hydroxyl groups excluding tert-OH is 4. The van der Waals surface area contributed by atoms with E-state index < -0.39 is 43.3 Å². The Morgan fingerprint density at radius 2 is 1.78 bits per heavy atom. The van der Waals surface area contributed by atoms with Crippen LogP contribution in [0.4, 0.5) is 0 Å². The first-order valence-electron chi connectivity index (χ1n) is 6.90. The van der Waals surface area contributed by atoms with Gasteiger partial charge in [0, 0.05) is 6.08 Å². The molecule has 0 bridgehead atoms. The number of aliphatic carboxylic acids is 1. The molecule has 1 saturated heterocycles. The van der Waals surface area contributed by atoms with Gasteiger partial charge in [-0.2, -0.15) is 0 Å². The molecule has 23 heavy (non-hydrogen) atoms. The second-order valence-corrected chi connectivity index (χ2v) is 5.06. The van der Waals surface area contributed by atoms with Crippen LogP contribution in [0.1, 0.15) is 5.56 Å². The normalized spacial score (nSPS) is 31.2. The Hall–Kier alpha value is -1.97. The lowest BCUT2D eigenvalue weighted by molar-refractivity contribution is -0.277. The number of carbonyl (C=O) groups is 1. The van der Waals surface area contributed by atoms with Gasteiger partial charge in [0.25, 0.3) is 0 Å². The maximum absolute atomic E-state index is 10.4. The van der Waals surface area contributed by atoms with E-state index in [0.717, 1.165) is 6.08 Å². The van der Waals surface area contributed by atoms with Crippen molar-refractivity contribution in [2.24, 2.45) is 0 Å². The molecule has 8 heteroatoms. The van der Waals surface area contributed by atoms with Gasteiger partial charge in [-0.3, -0.25) is 0 Å². The number of rotatable bonds is 5. The molecule has 0 radical (unpaired) electrons. The SMILES string of the molecule is O=[13C](O)/[13CH]=C/c1ccc(O[C@@H]2O[C@H](CO)[C@H](O)[C@H](O)[C@H]2O)cc1. The summed E-state index contributed by atoms with van der Waals surface area (Å²) in [5, 5.41) is 46.9. The van der Waals surface area contributed by atoms with E-state index in [1.807, 2.05) is 0 Å². The van der Waals surface area contributed by atoms with Crippen molar-refractivity contribution in [3.8, 4) is 5.75 Å². The van der Waals surface area contributed by atoms with Gasteiger partial charge in [-0.15, -0.1) is 0 Å². The van der Waals surface area contributed by atoms with Crippen LogP contribution in [0.15, 0.2) is 30.3 Å². The van der Waals surface area contributed by atoms with E-state index in [1.54, 1.807) is 12.1 Å². The first-order chi connectivity index (χ1) is 10.9. The maximum atomic E-state index is 10.4. The summed E-state index contributed by atoms with van der Waals surface area (Å²) in [6.07, 6.45) is -4.35. The fourth-order valence-electron chi connectivity index (χ4n) is 2.12. The van der Waals surface area contributed by atoms with Gasteiger partial charge >= 0.3 is 5.97 Å². The standard InChI is InChI=1S/C15H18O8/c16-7-10-12(19)13(20)14(21)15(23-10)22-9-4-1-8(2-5-9)3-6-11(17)18/h1-6,10,12-16,19-21H,7H2,(H,17,18)/b6-3+/t10-,12+,13+,14-,15-/m1/s1/i6+1,11+1. The topological polar surface area (TPSA) is 137 Å². The fourth-order valence-corrected chi connectivity index (χ4v) is 2.12. The number of carboxylic acids is 1. The quantitative estimate of drug-likeness (QED) is 0.342.